The molecule has 11 heteroatoms. The Morgan fingerprint density at radius 3 is 2.36 bits per heavy atom. The summed E-state index contributed by atoms with van der Waals surface area (Å²) in [5, 5.41) is 4.44. The predicted molar refractivity (Wildman–Crippen MR) is 146 cm³/mol. The molecule has 0 radical (unpaired) electrons. The molecule has 1 aromatic carbocycles. The van der Waals surface area contributed by atoms with E-state index in [1.165, 1.54) is 4.90 Å². The molecule has 2 amide bonds. The number of nitrogens with zero attached hydrogens (tertiary/aromatic N) is 5. The lowest BCUT2D eigenvalue weighted by Gasteiger charge is -2.29. The number of benzene rings is 1. The summed E-state index contributed by atoms with van der Waals surface area (Å²) in [5.74, 6) is 1.51. The van der Waals surface area contributed by atoms with Gasteiger partial charge in [-0.05, 0) is 71.7 Å². The van der Waals surface area contributed by atoms with Crippen LogP contribution in [0, 0.1) is 0 Å². The topological polar surface area (TPSA) is 108 Å². The Morgan fingerprint density at radius 2 is 1.67 bits per heavy atom. The van der Waals surface area contributed by atoms with Crippen LogP contribution in [0.5, 0.6) is 11.5 Å². The largest absolute Gasteiger partial charge is 0.493 e. The molecule has 0 unspecified atom stereocenters. The van der Waals surface area contributed by atoms with Crippen LogP contribution in [-0.2, 0) is 9.47 Å². The third kappa shape index (κ3) is 6.90. The van der Waals surface area contributed by atoms with Crippen molar-refractivity contribution >= 4 is 23.7 Å². The zero-order chi connectivity index (χ0) is 28.4. The zero-order valence-corrected chi connectivity index (χ0v) is 23.7. The first-order chi connectivity index (χ1) is 18.3. The molecule has 39 heavy (non-hydrogen) atoms. The van der Waals surface area contributed by atoms with Crippen LogP contribution in [0.2, 0.25) is 0 Å². The fraction of sp³-hybridized carbons (Fsp3) is 0.500. The van der Waals surface area contributed by atoms with Crippen molar-refractivity contribution in [1.82, 2.24) is 19.5 Å². The quantitative estimate of drug-likeness (QED) is 0.417. The van der Waals surface area contributed by atoms with Crippen LogP contribution in [0.4, 0.5) is 15.4 Å². The van der Waals surface area contributed by atoms with Crippen molar-refractivity contribution in [3.63, 3.8) is 0 Å². The maximum absolute atomic E-state index is 13.3. The molecule has 0 saturated heterocycles. The Hall–Kier alpha value is -4.02. The molecule has 0 spiro atoms. The monoisotopic (exact) mass is 539 g/mol. The molecule has 3 aromatic rings. The number of aromatic nitrogens is 3. The third-order valence-electron chi connectivity index (χ3n) is 5.80. The second-order valence-corrected chi connectivity index (χ2v) is 11.3. The van der Waals surface area contributed by atoms with Gasteiger partial charge in [-0.1, -0.05) is 6.07 Å². The highest BCUT2D eigenvalue weighted by atomic mass is 16.6. The molecule has 0 fully saturated rings. The number of fused-ring (bicyclic) bond motifs is 4. The van der Waals surface area contributed by atoms with Crippen LogP contribution in [0.1, 0.15) is 48.0 Å². The number of hydrogen-bond donors (Lipinski definition) is 0. The Balaban J connectivity index is 1.78. The molecule has 0 aliphatic carbocycles. The molecule has 2 aromatic heterocycles. The highest BCUT2D eigenvalue weighted by Gasteiger charge is 2.27. The number of carbonyl (C=O) groups is 2. The predicted octanol–water partition coefficient (Wildman–Crippen LogP) is 5.17. The van der Waals surface area contributed by atoms with Crippen LogP contribution in [0.15, 0.2) is 36.7 Å². The van der Waals surface area contributed by atoms with Crippen molar-refractivity contribution in [3.05, 3.63) is 36.7 Å². The van der Waals surface area contributed by atoms with Gasteiger partial charge in [0.2, 0.25) is 0 Å². The lowest BCUT2D eigenvalue weighted by Crippen LogP contribution is -2.42. The van der Waals surface area contributed by atoms with Crippen molar-refractivity contribution in [3.8, 4) is 22.6 Å². The van der Waals surface area contributed by atoms with Crippen LogP contribution in [0.25, 0.3) is 16.8 Å². The van der Waals surface area contributed by atoms with Gasteiger partial charge in [0, 0.05) is 24.8 Å². The average Bonchev–Trinajstić information content (AvgIpc) is 3.26. The summed E-state index contributed by atoms with van der Waals surface area (Å²) in [6.45, 7) is 12.0. The van der Waals surface area contributed by atoms with Gasteiger partial charge in [0.15, 0.2) is 17.1 Å². The van der Waals surface area contributed by atoms with Gasteiger partial charge in [-0.3, -0.25) is 4.90 Å². The highest BCUT2D eigenvalue weighted by molar-refractivity contribution is 5.88. The van der Waals surface area contributed by atoms with Crippen LogP contribution in [-0.4, -0.2) is 76.2 Å². The maximum Gasteiger partial charge on any atom is 0.416 e. The van der Waals surface area contributed by atoms with E-state index in [2.05, 4.69) is 5.10 Å². The van der Waals surface area contributed by atoms with Crippen LogP contribution >= 0.6 is 0 Å². The molecule has 4 bridgehead atoms. The van der Waals surface area contributed by atoms with E-state index >= 15 is 0 Å². The lowest BCUT2D eigenvalue weighted by atomic mass is 10.1. The average molecular weight is 540 g/mol. The van der Waals surface area contributed by atoms with Gasteiger partial charge >= 0.3 is 12.2 Å². The van der Waals surface area contributed by atoms with E-state index in [4.69, 9.17) is 23.9 Å². The Bertz CT molecular complexity index is 1340. The number of ether oxygens (including phenoxy) is 4. The Labute approximate surface area is 228 Å². The molecule has 11 nitrogen and oxygen atoms in total. The van der Waals surface area contributed by atoms with Crippen molar-refractivity contribution in [2.45, 2.75) is 59.2 Å². The van der Waals surface area contributed by atoms with E-state index in [9.17, 15) is 9.59 Å². The third-order valence-corrected chi connectivity index (χ3v) is 5.80. The van der Waals surface area contributed by atoms with Gasteiger partial charge in [-0.25, -0.2) is 19.1 Å². The Morgan fingerprint density at radius 1 is 0.949 bits per heavy atom. The van der Waals surface area contributed by atoms with Gasteiger partial charge < -0.3 is 23.8 Å². The van der Waals surface area contributed by atoms with Crippen molar-refractivity contribution in [2.75, 3.05) is 38.3 Å². The number of rotatable bonds is 1. The van der Waals surface area contributed by atoms with Crippen molar-refractivity contribution in [1.29, 1.82) is 0 Å². The minimum Gasteiger partial charge on any atom is -0.493 e. The summed E-state index contributed by atoms with van der Waals surface area (Å²) in [6, 6.07) is 7.29. The summed E-state index contributed by atoms with van der Waals surface area (Å²) in [5.41, 5.74) is 0.796. The van der Waals surface area contributed by atoms with E-state index in [1.807, 2.05) is 59.7 Å². The minimum atomic E-state index is -0.695. The summed E-state index contributed by atoms with van der Waals surface area (Å²) < 4.78 is 24.6. The second-order valence-electron chi connectivity index (χ2n) is 11.3. The number of methoxy groups -OCH3 is 1. The molecule has 1 aliphatic rings. The number of amides is 2. The molecule has 0 atom stereocenters. The number of anilines is 1. The van der Waals surface area contributed by atoms with E-state index in [1.54, 1.807) is 35.0 Å². The maximum atomic E-state index is 13.3. The van der Waals surface area contributed by atoms with E-state index in [0.717, 1.165) is 11.1 Å². The second kappa shape index (κ2) is 11.0. The van der Waals surface area contributed by atoms with Crippen LogP contribution < -0.4 is 14.4 Å². The first-order valence-electron chi connectivity index (χ1n) is 13.0. The number of carbonyl (C=O) groups excluding carboxylic acids is 2. The normalized spacial score (nSPS) is 14.8. The molecule has 3 heterocycles. The van der Waals surface area contributed by atoms with Crippen molar-refractivity contribution < 1.29 is 28.5 Å². The van der Waals surface area contributed by atoms with Gasteiger partial charge in [0.25, 0.3) is 0 Å². The van der Waals surface area contributed by atoms with Gasteiger partial charge in [-0.2, -0.15) is 5.10 Å². The molecular formula is C28H37N5O6. The Kier molecular flexibility index (Phi) is 7.89. The smallest absolute Gasteiger partial charge is 0.416 e. The molecule has 0 N–H and O–H groups in total. The summed E-state index contributed by atoms with van der Waals surface area (Å²) in [7, 11) is 1.58. The molecule has 210 valence electrons. The van der Waals surface area contributed by atoms with Gasteiger partial charge in [0.1, 0.15) is 23.6 Å². The highest BCUT2D eigenvalue weighted by Crippen LogP contribution is 2.34. The summed E-state index contributed by atoms with van der Waals surface area (Å²) >= 11 is 0. The van der Waals surface area contributed by atoms with Crippen molar-refractivity contribution in [2.24, 2.45) is 0 Å². The fourth-order valence-corrected chi connectivity index (χ4v) is 4.09. The first kappa shape index (κ1) is 28.0. The van der Waals surface area contributed by atoms with E-state index < -0.39 is 23.4 Å². The van der Waals surface area contributed by atoms with Gasteiger partial charge in [-0.15, -0.1) is 0 Å². The fourth-order valence-electron chi connectivity index (χ4n) is 4.09. The molecule has 1 aliphatic heterocycles. The van der Waals surface area contributed by atoms with Gasteiger partial charge in [0.05, 0.1) is 19.9 Å². The van der Waals surface area contributed by atoms with Crippen LogP contribution in [0.3, 0.4) is 0 Å². The van der Waals surface area contributed by atoms with E-state index in [-0.39, 0.29) is 19.7 Å². The number of hydrogen-bond acceptors (Lipinski definition) is 8. The first-order valence-corrected chi connectivity index (χ1v) is 13.0. The summed E-state index contributed by atoms with van der Waals surface area (Å²) in [6.07, 6.45) is 2.95. The van der Waals surface area contributed by atoms with E-state index in [0.29, 0.717) is 35.9 Å². The SMILES string of the molecule is COc1ccc2cc1OCCN(C(=O)OC(C)(C)C)CCCN(C(=O)OC(C)(C)C)c1ccn3ncc-2c3n1. The zero-order valence-electron chi connectivity index (χ0n) is 23.7. The molecular weight excluding hydrogens is 502 g/mol. The molecule has 0 saturated carbocycles. The summed E-state index contributed by atoms with van der Waals surface area (Å²) in [4.78, 5) is 34.2. The minimum absolute atomic E-state index is 0.213. The molecule has 4 rings (SSSR count). The standard InChI is InChI=1S/C28H37N5O6/c1-27(2,3)38-25(34)31-12-8-13-32(26(35)39-28(4,5)6)23-11-14-33-24(30-23)20(18-29-33)19-9-10-21(36-7)22(17-19)37-16-15-31/h9-11,14,17-18H,8,12-13,15-16H2,1-7H3. The lowest BCUT2D eigenvalue weighted by molar-refractivity contribution is 0.0224.